The molecule has 0 bridgehead atoms. The van der Waals surface area contributed by atoms with Crippen LogP contribution in [0.2, 0.25) is 0 Å². The molecular formula is C27H31N5O2S. The van der Waals surface area contributed by atoms with E-state index in [4.69, 9.17) is 9.72 Å². The third-order valence-corrected chi connectivity index (χ3v) is 7.24. The third kappa shape index (κ3) is 6.08. The second-order valence-electron chi connectivity index (χ2n) is 8.71. The van der Waals surface area contributed by atoms with Gasteiger partial charge in [0, 0.05) is 68.5 Å². The number of amides is 2. The van der Waals surface area contributed by atoms with Crippen LogP contribution >= 0.6 is 11.3 Å². The van der Waals surface area contributed by atoms with E-state index in [0.29, 0.717) is 19.6 Å². The van der Waals surface area contributed by atoms with Gasteiger partial charge in [0.25, 0.3) is 0 Å². The molecule has 0 radical (unpaired) electrons. The van der Waals surface area contributed by atoms with Gasteiger partial charge in [-0.25, -0.2) is 9.78 Å². The fourth-order valence-electron chi connectivity index (χ4n) is 4.29. The number of fused-ring (bicyclic) bond motifs is 1. The topological polar surface area (TPSA) is 62.1 Å². The largest absolute Gasteiger partial charge is 0.379 e. The van der Waals surface area contributed by atoms with Crippen molar-refractivity contribution in [3.8, 4) is 11.3 Å². The van der Waals surface area contributed by atoms with Gasteiger partial charge in [-0.3, -0.25) is 9.30 Å². The first-order chi connectivity index (χ1) is 17.3. The van der Waals surface area contributed by atoms with Crippen LogP contribution in [0, 0.1) is 0 Å². The van der Waals surface area contributed by atoms with Crippen molar-refractivity contribution < 1.29 is 9.53 Å². The first kappa shape index (κ1) is 23.5. The summed E-state index contributed by atoms with van der Waals surface area (Å²) in [7, 11) is 0. The maximum Gasteiger partial charge on any atom is 0.317 e. The van der Waals surface area contributed by atoms with E-state index in [1.165, 1.54) is 5.69 Å². The van der Waals surface area contributed by atoms with E-state index in [0.717, 1.165) is 61.1 Å². The molecule has 2 amide bonds. The summed E-state index contributed by atoms with van der Waals surface area (Å²) >= 11 is 1.64. The van der Waals surface area contributed by atoms with Gasteiger partial charge in [-0.15, -0.1) is 11.3 Å². The summed E-state index contributed by atoms with van der Waals surface area (Å²) in [5, 5.41) is 5.26. The second kappa shape index (κ2) is 11.5. The van der Waals surface area contributed by atoms with Crippen LogP contribution < -0.4 is 5.32 Å². The van der Waals surface area contributed by atoms with Gasteiger partial charge < -0.3 is 15.0 Å². The molecule has 0 atom stereocenters. The minimum atomic E-state index is -0.0239. The molecule has 182 valence electrons. The SMILES string of the molecule is O=C(NCc1ccccc1)N(CCc1csc2nc(-c3ccccc3)cn12)CCN1CCOCC1. The molecule has 1 aliphatic heterocycles. The predicted molar refractivity (Wildman–Crippen MR) is 140 cm³/mol. The number of benzene rings is 2. The number of hydrogen-bond donors (Lipinski definition) is 1. The molecular weight excluding hydrogens is 458 g/mol. The van der Waals surface area contributed by atoms with Gasteiger partial charge in [0.2, 0.25) is 0 Å². The summed E-state index contributed by atoms with van der Waals surface area (Å²) in [6, 6.07) is 20.3. The summed E-state index contributed by atoms with van der Waals surface area (Å²) in [6.45, 7) is 6.07. The highest BCUT2D eigenvalue weighted by molar-refractivity contribution is 7.15. The number of urea groups is 1. The van der Waals surface area contributed by atoms with Crippen LogP contribution in [0.4, 0.5) is 4.79 Å². The van der Waals surface area contributed by atoms with Gasteiger partial charge in [-0.2, -0.15) is 0 Å². The number of carbonyl (C=O) groups excluding carboxylic acids is 1. The maximum absolute atomic E-state index is 13.2. The van der Waals surface area contributed by atoms with Crippen LogP contribution in [0.3, 0.4) is 0 Å². The van der Waals surface area contributed by atoms with E-state index >= 15 is 0 Å². The highest BCUT2D eigenvalue weighted by Crippen LogP contribution is 2.24. The van der Waals surface area contributed by atoms with Crippen molar-refractivity contribution in [1.29, 1.82) is 0 Å². The second-order valence-corrected chi connectivity index (χ2v) is 9.54. The lowest BCUT2D eigenvalue weighted by molar-refractivity contribution is 0.0349. The number of hydrogen-bond acceptors (Lipinski definition) is 5. The first-order valence-electron chi connectivity index (χ1n) is 12.1. The van der Waals surface area contributed by atoms with Crippen molar-refractivity contribution in [3.63, 3.8) is 0 Å². The molecule has 0 spiro atoms. The average Bonchev–Trinajstić information content (AvgIpc) is 3.51. The number of rotatable bonds is 9. The highest BCUT2D eigenvalue weighted by Gasteiger charge is 2.18. The van der Waals surface area contributed by atoms with Gasteiger partial charge in [0.05, 0.1) is 18.9 Å². The van der Waals surface area contributed by atoms with Gasteiger partial charge in [0.1, 0.15) is 0 Å². The lowest BCUT2D eigenvalue weighted by Crippen LogP contribution is -2.46. The molecule has 1 saturated heterocycles. The zero-order valence-corrected chi connectivity index (χ0v) is 20.6. The number of thiazole rings is 1. The van der Waals surface area contributed by atoms with E-state index < -0.39 is 0 Å². The normalized spacial score (nSPS) is 14.3. The van der Waals surface area contributed by atoms with Crippen LogP contribution in [0.15, 0.2) is 72.2 Å². The molecule has 2 aromatic heterocycles. The zero-order chi connectivity index (χ0) is 23.9. The van der Waals surface area contributed by atoms with Crippen molar-refractivity contribution in [2.75, 3.05) is 45.9 Å². The van der Waals surface area contributed by atoms with E-state index in [-0.39, 0.29) is 6.03 Å². The van der Waals surface area contributed by atoms with Gasteiger partial charge in [0.15, 0.2) is 4.96 Å². The standard InChI is InChI=1S/C27H31N5O2S/c33-26(28-19-22-7-3-1-4-8-22)31(14-13-30-15-17-34-18-16-30)12-11-24-21-35-27-29-25(20-32(24)27)23-9-5-2-6-10-23/h1-10,20-21H,11-19H2,(H,28,33). The van der Waals surface area contributed by atoms with Crippen LogP contribution in [-0.2, 0) is 17.7 Å². The van der Waals surface area contributed by atoms with E-state index in [9.17, 15) is 4.79 Å². The van der Waals surface area contributed by atoms with Crippen LogP contribution in [-0.4, -0.2) is 71.2 Å². The van der Waals surface area contributed by atoms with Gasteiger partial charge >= 0.3 is 6.03 Å². The number of carbonyl (C=O) groups is 1. The van der Waals surface area contributed by atoms with E-state index in [2.05, 4.69) is 38.3 Å². The summed E-state index contributed by atoms with van der Waals surface area (Å²) in [6.07, 6.45) is 2.87. The smallest absolute Gasteiger partial charge is 0.317 e. The molecule has 0 unspecified atom stereocenters. The number of morpholine rings is 1. The number of ether oxygens (including phenoxy) is 1. The van der Waals surface area contributed by atoms with Crippen LogP contribution in [0.25, 0.3) is 16.2 Å². The fourth-order valence-corrected chi connectivity index (χ4v) is 5.20. The summed E-state index contributed by atoms with van der Waals surface area (Å²) in [5.41, 5.74) is 4.36. The zero-order valence-electron chi connectivity index (χ0n) is 19.8. The Bertz CT molecular complexity index is 1220. The van der Waals surface area contributed by atoms with Crippen molar-refractivity contribution >= 4 is 22.3 Å². The van der Waals surface area contributed by atoms with Crippen molar-refractivity contribution in [1.82, 2.24) is 24.5 Å². The lowest BCUT2D eigenvalue weighted by atomic mass is 10.2. The van der Waals surface area contributed by atoms with Gasteiger partial charge in [-0.1, -0.05) is 60.7 Å². The van der Waals surface area contributed by atoms with E-state index in [1.54, 1.807) is 11.3 Å². The van der Waals surface area contributed by atoms with Crippen LogP contribution in [0.1, 0.15) is 11.3 Å². The third-order valence-electron chi connectivity index (χ3n) is 6.35. The molecule has 3 heterocycles. The summed E-state index contributed by atoms with van der Waals surface area (Å²) < 4.78 is 7.63. The van der Waals surface area contributed by atoms with E-state index in [1.807, 2.05) is 53.4 Å². The predicted octanol–water partition coefficient (Wildman–Crippen LogP) is 4.15. The molecule has 4 aromatic rings. The molecule has 1 fully saturated rings. The molecule has 0 saturated carbocycles. The minimum absolute atomic E-state index is 0.0239. The molecule has 2 aromatic carbocycles. The Labute approximate surface area is 210 Å². The quantitative estimate of drug-likeness (QED) is 0.384. The lowest BCUT2D eigenvalue weighted by Gasteiger charge is -2.30. The molecule has 1 N–H and O–H groups in total. The fraction of sp³-hybridized carbons (Fsp3) is 0.333. The van der Waals surface area contributed by atoms with Crippen molar-refractivity contribution in [2.45, 2.75) is 13.0 Å². The number of aromatic nitrogens is 2. The monoisotopic (exact) mass is 489 g/mol. The Morgan fingerprint density at radius 1 is 1.03 bits per heavy atom. The molecule has 8 heteroatoms. The Morgan fingerprint density at radius 2 is 1.77 bits per heavy atom. The number of imidazole rings is 1. The molecule has 35 heavy (non-hydrogen) atoms. The average molecular weight is 490 g/mol. The summed E-state index contributed by atoms with van der Waals surface area (Å²) in [5.74, 6) is 0. The van der Waals surface area contributed by atoms with Crippen molar-refractivity contribution in [2.24, 2.45) is 0 Å². The Morgan fingerprint density at radius 3 is 2.54 bits per heavy atom. The summed E-state index contributed by atoms with van der Waals surface area (Å²) in [4.78, 5) is 23.2. The Hall–Kier alpha value is -3.20. The number of nitrogens with one attached hydrogen (secondary N) is 1. The molecule has 1 aliphatic rings. The Kier molecular flexibility index (Phi) is 7.72. The molecule has 0 aliphatic carbocycles. The number of nitrogens with zero attached hydrogens (tertiary/aromatic N) is 4. The van der Waals surface area contributed by atoms with Gasteiger partial charge in [-0.05, 0) is 5.56 Å². The highest BCUT2D eigenvalue weighted by atomic mass is 32.1. The van der Waals surface area contributed by atoms with Crippen molar-refractivity contribution in [3.05, 3.63) is 83.5 Å². The minimum Gasteiger partial charge on any atom is -0.379 e. The molecule has 5 rings (SSSR count). The van der Waals surface area contributed by atoms with Crippen LogP contribution in [0.5, 0.6) is 0 Å². The maximum atomic E-state index is 13.2. The Balaban J connectivity index is 1.25. The first-order valence-corrected chi connectivity index (χ1v) is 13.0. The molecule has 7 nitrogen and oxygen atoms in total.